The first-order valence-electron chi connectivity index (χ1n) is 9.91. The van der Waals surface area contributed by atoms with Crippen LogP contribution in [-0.4, -0.2) is 39.7 Å². The Labute approximate surface area is 166 Å². The smallest absolute Gasteiger partial charge is 0.253 e. The molecule has 0 atom stereocenters. The van der Waals surface area contributed by atoms with E-state index in [-0.39, 0.29) is 5.91 Å². The van der Waals surface area contributed by atoms with E-state index in [0.29, 0.717) is 6.04 Å². The van der Waals surface area contributed by atoms with E-state index in [4.69, 9.17) is 0 Å². The first-order chi connectivity index (χ1) is 13.8. The quantitative estimate of drug-likeness (QED) is 0.720. The van der Waals surface area contributed by atoms with Crippen LogP contribution in [0.15, 0.2) is 73.1 Å². The Hall–Kier alpha value is -2.92. The van der Waals surface area contributed by atoms with Crippen LogP contribution in [-0.2, 0) is 13.1 Å². The minimum Gasteiger partial charge on any atom is -0.339 e. The lowest BCUT2D eigenvalue weighted by atomic mass is 10.0. The Morgan fingerprint density at radius 2 is 1.64 bits per heavy atom. The van der Waals surface area contributed by atoms with Crippen molar-refractivity contribution in [3.63, 3.8) is 0 Å². The van der Waals surface area contributed by atoms with Gasteiger partial charge in [-0.05, 0) is 30.5 Å². The Bertz CT molecular complexity index is 883. The topological polar surface area (TPSA) is 50.2 Å². The van der Waals surface area contributed by atoms with Crippen molar-refractivity contribution in [2.75, 3.05) is 13.1 Å². The number of carbonyl (C=O) groups excluding carboxylic acids is 1. The monoisotopic (exact) mass is 374 g/mol. The van der Waals surface area contributed by atoms with Crippen molar-refractivity contribution in [1.29, 1.82) is 0 Å². The third-order valence-electron chi connectivity index (χ3n) is 5.27. The highest BCUT2D eigenvalue weighted by Crippen LogP contribution is 2.14. The molecule has 5 nitrogen and oxygen atoms in total. The summed E-state index contributed by atoms with van der Waals surface area (Å²) in [5, 5.41) is 8.09. The van der Waals surface area contributed by atoms with Gasteiger partial charge in [0.1, 0.15) is 0 Å². The molecular formula is C23H26N4O. The maximum absolute atomic E-state index is 12.5. The number of hydrogen-bond acceptors (Lipinski definition) is 3. The van der Waals surface area contributed by atoms with E-state index in [9.17, 15) is 4.79 Å². The van der Waals surface area contributed by atoms with Crippen LogP contribution < -0.4 is 5.32 Å². The Kier molecular flexibility index (Phi) is 5.83. The number of hydrogen-bond donors (Lipinski definition) is 1. The molecule has 1 aromatic heterocycles. The average molecular weight is 374 g/mol. The third-order valence-corrected chi connectivity index (χ3v) is 5.27. The zero-order valence-electron chi connectivity index (χ0n) is 16.0. The number of benzene rings is 2. The summed E-state index contributed by atoms with van der Waals surface area (Å²) in [6, 6.07) is 20.4. The minimum absolute atomic E-state index is 0.140. The summed E-state index contributed by atoms with van der Waals surface area (Å²) in [4.78, 5) is 14.5. The molecule has 1 fully saturated rings. The Balaban J connectivity index is 1.23. The molecule has 1 aliphatic rings. The zero-order valence-corrected chi connectivity index (χ0v) is 16.0. The van der Waals surface area contributed by atoms with Crippen LogP contribution in [0.1, 0.15) is 34.3 Å². The lowest BCUT2D eigenvalue weighted by molar-refractivity contribution is 0.0704. The van der Waals surface area contributed by atoms with Crippen molar-refractivity contribution in [2.45, 2.75) is 32.0 Å². The van der Waals surface area contributed by atoms with Crippen molar-refractivity contribution in [1.82, 2.24) is 20.0 Å². The van der Waals surface area contributed by atoms with Crippen LogP contribution in [0.2, 0.25) is 0 Å². The molecule has 2 aromatic carbocycles. The van der Waals surface area contributed by atoms with Gasteiger partial charge in [0.2, 0.25) is 0 Å². The highest BCUT2D eigenvalue weighted by Gasteiger charge is 2.23. The number of aromatic nitrogens is 2. The molecule has 0 unspecified atom stereocenters. The second-order valence-electron chi connectivity index (χ2n) is 7.35. The molecule has 5 heteroatoms. The van der Waals surface area contributed by atoms with Crippen LogP contribution in [0, 0.1) is 0 Å². The van der Waals surface area contributed by atoms with Gasteiger partial charge in [0.25, 0.3) is 5.91 Å². The summed E-state index contributed by atoms with van der Waals surface area (Å²) < 4.78 is 1.98. The first kappa shape index (κ1) is 18.4. The summed E-state index contributed by atoms with van der Waals surface area (Å²) in [5.74, 6) is 0.140. The van der Waals surface area contributed by atoms with Crippen LogP contribution in [0.25, 0.3) is 0 Å². The predicted molar refractivity (Wildman–Crippen MR) is 110 cm³/mol. The molecule has 1 amide bonds. The number of nitrogens with one attached hydrogen (secondary N) is 1. The highest BCUT2D eigenvalue weighted by atomic mass is 16.2. The molecule has 28 heavy (non-hydrogen) atoms. The number of rotatable bonds is 6. The molecule has 0 aliphatic carbocycles. The lowest BCUT2D eigenvalue weighted by Crippen LogP contribution is -2.44. The normalized spacial score (nSPS) is 14.9. The van der Waals surface area contributed by atoms with E-state index in [1.165, 1.54) is 11.1 Å². The summed E-state index contributed by atoms with van der Waals surface area (Å²) >= 11 is 0. The number of likely N-dealkylation sites (tertiary alicyclic amines) is 1. The summed E-state index contributed by atoms with van der Waals surface area (Å²) in [6.07, 6.45) is 6.01. The van der Waals surface area contributed by atoms with E-state index >= 15 is 0 Å². The number of piperidine rings is 1. The highest BCUT2D eigenvalue weighted by molar-refractivity contribution is 5.94. The predicted octanol–water partition coefficient (Wildman–Crippen LogP) is 3.33. The standard InChI is InChI=1S/C23H26N4O/c28-23(21-9-5-2-6-10-21)26-13-11-22(12-14-26)24-15-20-16-25-27(18-20)17-19-7-3-1-4-8-19/h1-10,16,18,22,24H,11-15,17H2. The van der Waals surface area contributed by atoms with Crippen LogP contribution in [0.5, 0.6) is 0 Å². The van der Waals surface area contributed by atoms with Gasteiger partial charge in [-0.2, -0.15) is 5.10 Å². The molecule has 0 saturated carbocycles. The lowest BCUT2D eigenvalue weighted by Gasteiger charge is -2.32. The fourth-order valence-electron chi connectivity index (χ4n) is 3.67. The van der Waals surface area contributed by atoms with Crippen molar-refractivity contribution >= 4 is 5.91 Å². The van der Waals surface area contributed by atoms with E-state index in [0.717, 1.165) is 44.6 Å². The zero-order chi connectivity index (χ0) is 19.2. The van der Waals surface area contributed by atoms with Gasteiger partial charge in [-0.1, -0.05) is 48.5 Å². The fraction of sp³-hybridized carbons (Fsp3) is 0.304. The van der Waals surface area contributed by atoms with Crippen molar-refractivity contribution in [3.8, 4) is 0 Å². The average Bonchev–Trinajstić information content (AvgIpc) is 3.21. The van der Waals surface area contributed by atoms with Gasteiger partial charge in [0.05, 0.1) is 12.7 Å². The van der Waals surface area contributed by atoms with E-state index in [1.807, 2.05) is 52.2 Å². The Morgan fingerprint density at radius 1 is 0.964 bits per heavy atom. The van der Waals surface area contributed by atoms with Gasteiger partial charge in [0.15, 0.2) is 0 Å². The van der Waals surface area contributed by atoms with Gasteiger partial charge in [-0.15, -0.1) is 0 Å². The summed E-state index contributed by atoms with van der Waals surface area (Å²) in [6.45, 7) is 3.21. The molecule has 0 spiro atoms. The van der Waals surface area contributed by atoms with Crippen LogP contribution in [0.4, 0.5) is 0 Å². The van der Waals surface area contributed by atoms with Gasteiger partial charge < -0.3 is 10.2 Å². The molecule has 2 heterocycles. The van der Waals surface area contributed by atoms with Crippen molar-refractivity contribution in [3.05, 3.63) is 89.7 Å². The minimum atomic E-state index is 0.140. The van der Waals surface area contributed by atoms with E-state index in [2.05, 4.69) is 40.9 Å². The third kappa shape index (κ3) is 4.67. The first-order valence-corrected chi connectivity index (χ1v) is 9.91. The fourth-order valence-corrected chi connectivity index (χ4v) is 3.67. The van der Waals surface area contributed by atoms with Gasteiger partial charge in [-0.25, -0.2) is 0 Å². The second-order valence-corrected chi connectivity index (χ2v) is 7.35. The largest absolute Gasteiger partial charge is 0.339 e. The second kappa shape index (κ2) is 8.85. The van der Waals surface area contributed by atoms with E-state index in [1.54, 1.807) is 0 Å². The molecule has 3 aromatic rings. The van der Waals surface area contributed by atoms with Gasteiger partial charge in [-0.3, -0.25) is 9.48 Å². The molecule has 144 valence electrons. The SMILES string of the molecule is O=C(c1ccccc1)N1CCC(NCc2cnn(Cc3ccccc3)c2)CC1. The molecule has 1 saturated heterocycles. The molecule has 1 aliphatic heterocycles. The maximum atomic E-state index is 12.5. The van der Waals surface area contributed by atoms with Gasteiger partial charge in [0, 0.05) is 43.0 Å². The number of amides is 1. The Morgan fingerprint density at radius 3 is 2.36 bits per heavy atom. The van der Waals surface area contributed by atoms with Crippen LogP contribution >= 0.6 is 0 Å². The summed E-state index contributed by atoms with van der Waals surface area (Å²) in [5.41, 5.74) is 3.22. The molecule has 4 rings (SSSR count). The molecule has 0 bridgehead atoms. The maximum Gasteiger partial charge on any atom is 0.253 e. The van der Waals surface area contributed by atoms with E-state index < -0.39 is 0 Å². The number of carbonyl (C=O) groups is 1. The van der Waals surface area contributed by atoms with Crippen molar-refractivity contribution in [2.24, 2.45) is 0 Å². The molecule has 0 radical (unpaired) electrons. The summed E-state index contributed by atoms with van der Waals surface area (Å²) in [7, 11) is 0. The van der Waals surface area contributed by atoms with Gasteiger partial charge >= 0.3 is 0 Å². The van der Waals surface area contributed by atoms with Crippen molar-refractivity contribution < 1.29 is 4.79 Å². The van der Waals surface area contributed by atoms with Crippen LogP contribution in [0.3, 0.4) is 0 Å². The number of nitrogens with zero attached hydrogens (tertiary/aromatic N) is 3. The molecular weight excluding hydrogens is 348 g/mol. The molecule has 1 N–H and O–H groups in total.